The van der Waals surface area contributed by atoms with Crippen LogP contribution in [0.3, 0.4) is 0 Å². The van der Waals surface area contributed by atoms with Crippen LogP contribution >= 0.6 is 0 Å². The van der Waals surface area contributed by atoms with E-state index in [2.05, 4.69) is 5.32 Å². The monoisotopic (exact) mass is 423 g/mol. The van der Waals surface area contributed by atoms with Crippen LogP contribution in [0.1, 0.15) is 28.9 Å². The Balaban J connectivity index is 1.67. The summed E-state index contributed by atoms with van der Waals surface area (Å²) in [4.78, 5) is 25.0. The van der Waals surface area contributed by atoms with Gasteiger partial charge in [0, 0.05) is 12.1 Å². The number of methoxy groups -OCH3 is 3. The summed E-state index contributed by atoms with van der Waals surface area (Å²) in [5.41, 5.74) is 1.12. The van der Waals surface area contributed by atoms with E-state index in [1.165, 1.54) is 33.5 Å². The van der Waals surface area contributed by atoms with Crippen molar-refractivity contribution >= 4 is 22.6 Å². The fourth-order valence-corrected chi connectivity index (χ4v) is 3.39. The number of carbonyl (C=O) groups is 2. The van der Waals surface area contributed by atoms with Gasteiger partial charge >= 0.3 is 5.97 Å². The number of rotatable bonds is 8. The minimum absolute atomic E-state index is 0.134. The molecule has 31 heavy (non-hydrogen) atoms. The van der Waals surface area contributed by atoms with Crippen molar-refractivity contribution < 1.29 is 28.5 Å². The molecule has 0 bridgehead atoms. The number of esters is 1. The summed E-state index contributed by atoms with van der Waals surface area (Å²) < 4.78 is 20.9. The third-order valence-corrected chi connectivity index (χ3v) is 4.93. The molecule has 1 N–H and O–H groups in total. The van der Waals surface area contributed by atoms with E-state index in [0.717, 1.165) is 16.3 Å². The normalized spacial score (nSPS) is 11.5. The minimum Gasteiger partial charge on any atom is -0.496 e. The molecule has 0 fully saturated rings. The lowest BCUT2D eigenvalue weighted by molar-refractivity contribution is -0.124. The number of carbonyl (C=O) groups excluding carboxylic acids is 2. The van der Waals surface area contributed by atoms with Crippen molar-refractivity contribution in [3.63, 3.8) is 0 Å². The van der Waals surface area contributed by atoms with Crippen molar-refractivity contribution in [3.8, 4) is 17.2 Å². The SMILES string of the molecule is COc1cc(OC)c(C(=O)OCC(=O)N[C@H](C)c2cccc3ccccc23)cc1OC. The number of fused-ring (bicyclic) bond motifs is 1. The summed E-state index contributed by atoms with van der Waals surface area (Å²) in [6.07, 6.45) is 0. The summed E-state index contributed by atoms with van der Waals surface area (Å²) in [7, 11) is 4.37. The maximum absolute atomic E-state index is 12.5. The van der Waals surface area contributed by atoms with Gasteiger partial charge in [0.2, 0.25) is 0 Å². The van der Waals surface area contributed by atoms with Gasteiger partial charge in [-0.15, -0.1) is 0 Å². The maximum atomic E-state index is 12.5. The second-order valence-electron chi connectivity index (χ2n) is 6.84. The Kier molecular flexibility index (Phi) is 6.97. The van der Waals surface area contributed by atoms with Gasteiger partial charge in [0.05, 0.1) is 27.4 Å². The largest absolute Gasteiger partial charge is 0.496 e. The summed E-state index contributed by atoms with van der Waals surface area (Å²) in [6, 6.07) is 16.6. The average molecular weight is 423 g/mol. The molecular formula is C24H25NO6. The van der Waals surface area contributed by atoms with Gasteiger partial charge in [0.1, 0.15) is 11.3 Å². The van der Waals surface area contributed by atoms with Crippen LogP contribution in [0, 0.1) is 0 Å². The van der Waals surface area contributed by atoms with Crippen LogP contribution in [-0.4, -0.2) is 39.8 Å². The van der Waals surface area contributed by atoms with Crippen LogP contribution in [0.4, 0.5) is 0 Å². The number of hydrogen-bond acceptors (Lipinski definition) is 6. The van der Waals surface area contributed by atoms with E-state index in [1.54, 1.807) is 0 Å². The van der Waals surface area contributed by atoms with Crippen LogP contribution in [-0.2, 0) is 9.53 Å². The van der Waals surface area contributed by atoms with E-state index in [-0.39, 0.29) is 17.4 Å². The first-order valence-corrected chi connectivity index (χ1v) is 9.72. The van der Waals surface area contributed by atoms with Gasteiger partial charge in [-0.2, -0.15) is 0 Å². The molecule has 0 heterocycles. The Hall–Kier alpha value is -3.74. The van der Waals surface area contributed by atoms with Gasteiger partial charge in [0.25, 0.3) is 5.91 Å². The molecule has 0 aromatic heterocycles. The molecule has 1 atom stereocenters. The van der Waals surface area contributed by atoms with Crippen molar-refractivity contribution in [2.45, 2.75) is 13.0 Å². The summed E-state index contributed by atoms with van der Waals surface area (Å²) in [5.74, 6) is -0.0898. The second-order valence-corrected chi connectivity index (χ2v) is 6.84. The lowest BCUT2D eigenvalue weighted by Gasteiger charge is -2.17. The quantitative estimate of drug-likeness (QED) is 0.554. The fraction of sp³-hybridized carbons (Fsp3) is 0.250. The van der Waals surface area contributed by atoms with Crippen molar-refractivity contribution in [3.05, 3.63) is 65.7 Å². The van der Waals surface area contributed by atoms with E-state index in [1.807, 2.05) is 49.4 Å². The highest BCUT2D eigenvalue weighted by atomic mass is 16.5. The Morgan fingerprint density at radius 2 is 1.52 bits per heavy atom. The zero-order valence-electron chi connectivity index (χ0n) is 17.9. The van der Waals surface area contributed by atoms with Crippen LogP contribution in [0.2, 0.25) is 0 Å². The highest BCUT2D eigenvalue weighted by Gasteiger charge is 2.20. The van der Waals surface area contributed by atoms with E-state index in [4.69, 9.17) is 18.9 Å². The number of hydrogen-bond donors (Lipinski definition) is 1. The van der Waals surface area contributed by atoms with Crippen LogP contribution in [0.15, 0.2) is 54.6 Å². The molecule has 3 rings (SSSR count). The van der Waals surface area contributed by atoms with Crippen molar-refractivity contribution in [2.24, 2.45) is 0 Å². The van der Waals surface area contributed by atoms with Gasteiger partial charge in [0.15, 0.2) is 18.1 Å². The highest BCUT2D eigenvalue weighted by molar-refractivity contribution is 5.95. The number of amides is 1. The number of ether oxygens (including phenoxy) is 4. The van der Waals surface area contributed by atoms with Gasteiger partial charge in [-0.25, -0.2) is 4.79 Å². The molecule has 3 aromatic rings. The van der Waals surface area contributed by atoms with Crippen molar-refractivity contribution in [1.29, 1.82) is 0 Å². The standard InChI is InChI=1S/C24H25NO6/c1-15(17-11-7-9-16-8-5-6-10-18(16)17)25-23(26)14-31-24(27)19-12-21(29-3)22(30-4)13-20(19)28-2/h5-13,15H,14H2,1-4H3,(H,25,26)/t15-/m1/s1. The molecule has 0 unspecified atom stereocenters. The molecule has 1 amide bonds. The van der Waals surface area contributed by atoms with Gasteiger partial charge in [-0.1, -0.05) is 42.5 Å². The second kappa shape index (κ2) is 9.84. The fourth-order valence-electron chi connectivity index (χ4n) is 3.39. The lowest BCUT2D eigenvalue weighted by Crippen LogP contribution is -2.31. The van der Waals surface area contributed by atoms with Crippen LogP contribution in [0.5, 0.6) is 17.2 Å². The predicted octanol–water partition coefficient (Wildman–Crippen LogP) is 3.90. The summed E-state index contributed by atoms with van der Waals surface area (Å²) in [5, 5.41) is 5.02. The Morgan fingerprint density at radius 1 is 0.871 bits per heavy atom. The first-order valence-electron chi connectivity index (χ1n) is 9.72. The topological polar surface area (TPSA) is 83.1 Å². The molecule has 0 aliphatic heterocycles. The first kappa shape index (κ1) is 22.0. The summed E-state index contributed by atoms with van der Waals surface area (Å²) >= 11 is 0. The van der Waals surface area contributed by atoms with Crippen molar-refractivity contribution in [1.82, 2.24) is 5.32 Å². The molecule has 0 radical (unpaired) electrons. The highest BCUT2D eigenvalue weighted by Crippen LogP contribution is 2.35. The minimum atomic E-state index is -0.703. The third-order valence-electron chi connectivity index (χ3n) is 4.93. The lowest BCUT2D eigenvalue weighted by atomic mass is 10.00. The number of benzene rings is 3. The van der Waals surface area contributed by atoms with Crippen molar-refractivity contribution in [2.75, 3.05) is 27.9 Å². The zero-order chi connectivity index (χ0) is 22.4. The van der Waals surface area contributed by atoms with Gasteiger partial charge in [-0.3, -0.25) is 4.79 Å². The van der Waals surface area contributed by atoms with Crippen LogP contribution in [0.25, 0.3) is 10.8 Å². The molecule has 0 saturated carbocycles. The van der Waals surface area contributed by atoms with Crippen LogP contribution < -0.4 is 19.5 Å². The molecule has 0 aliphatic rings. The maximum Gasteiger partial charge on any atom is 0.342 e. The third kappa shape index (κ3) is 4.88. The molecule has 0 aliphatic carbocycles. The average Bonchev–Trinajstić information content (AvgIpc) is 2.81. The first-order chi connectivity index (χ1) is 15.0. The number of nitrogens with one attached hydrogen (secondary N) is 1. The van der Waals surface area contributed by atoms with E-state index in [0.29, 0.717) is 11.5 Å². The Bertz CT molecular complexity index is 1090. The molecule has 7 nitrogen and oxygen atoms in total. The van der Waals surface area contributed by atoms with E-state index < -0.39 is 18.5 Å². The smallest absolute Gasteiger partial charge is 0.342 e. The molecule has 162 valence electrons. The molecule has 0 saturated heterocycles. The Labute approximate surface area is 180 Å². The van der Waals surface area contributed by atoms with Gasteiger partial charge < -0.3 is 24.3 Å². The zero-order valence-corrected chi connectivity index (χ0v) is 17.9. The van der Waals surface area contributed by atoms with E-state index in [9.17, 15) is 9.59 Å². The van der Waals surface area contributed by atoms with Gasteiger partial charge in [-0.05, 0) is 23.3 Å². The molecule has 0 spiro atoms. The predicted molar refractivity (Wildman–Crippen MR) is 117 cm³/mol. The Morgan fingerprint density at radius 3 is 2.23 bits per heavy atom. The molecular weight excluding hydrogens is 398 g/mol. The molecule has 3 aromatic carbocycles. The summed E-state index contributed by atoms with van der Waals surface area (Å²) in [6.45, 7) is 1.46. The molecule has 7 heteroatoms. The van der Waals surface area contributed by atoms with E-state index >= 15 is 0 Å².